The molecular formula is C15H15ClO6. The van der Waals surface area contributed by atoms with Gasteiger partial charge in [-0.1, -0.05) is 18.7 Å². The second kappa shape index (κ2) is 9.57. The predicted octanol–water partition coefficient (Wildman–Crippen LogP) is 3.09. The van der Waals surface area contributed by atoms with Crippen LogP contribution < -0.4 is 4.74 Å². The Morgan fingerprint density at radius 2 is 1.73 bits per heavy atom. The fraction of sp³-hybridized carbons (Fsp3) is 0.267. The molecule has 0 heterocycles. The molecule has 6 nitrogen and oxygen atoms in total. The van der Waals surface area contributed by atoms with Crippen LogP contribution in [0.25, 0.3) is 0 Å². The molecule has 1 rings (SSSR count). The van der Waals surface area contributed by atoms with Gasteiger partial charge in [0.25, 0.3) is 5.24 Å². The van der Waals surface area contributed by atoms with Crippen LogP contribution in [0.5, 0.6) is 5.75 Å². The van der Waals surface area contributed by atoms with E-state index in [-0.39, 0.29) is 24.5 Å². The summed E-state index contributed by atoms with van der Waals surface area (Å²) in [5, 5.41) is -0.729. The zero-order valence-corrected chi connectivity index (χ0v) is 12.5. The molecule has 0 aliphatic carbocycles. The zero-order valence-electron chi connectivity index (χ0n) is 11.7. The van der Waals surface area contributed by atoms with Gasteiger partial charge >= 0.3 is 12.1 Å². The van der Waals surface area contributed by atoms with E-state index in [1.54, 1.807) is 12.1 Å². The van der Waals surface area contributed by atoms with Gasteiger partial charge in [0.1, 0.15) is 5.75 Å². The molecule has 0 radical (unpaired) electrons. The maximum Gasteiger partial charge on any atom is 0.513 e. The van der Waals surface area contributed by atoms with Gasteiger partial charge in [-0.3, -0.25) is 4.79 Å². The summed E-state index contributed by atoms with van der Waals surface area (Å²) in [7, 11) is 0. The highest BCUT2D eigenvalue weighted by Gasteiger charge is 2.13. The first kappa shape index (κ1) is 17.7. The number of ether oxygens (including phenoxy) is 3. The number of carbonyl (C=O) groups excluding carboxylic acids is 3. The van der Waals surface area contributed by atoms with Gasteiger partial charge in [-0.15, -0.1) is 0 Å². The number of unbranched alkanes of at least 4 members (excludes halogenated alkanes) is 1. The maximum absolute atomic E-state index is 11.5. The number of hydrogen-bond donors (Lipinski definition) is 0. The van der Waals surface area contributed by atoms with E-state index in [4.69, 9.17) is 25.8 Å². The first-order chi connectivity index (χ1) is 10.5. The third-order valence-corrected chi connectivity index (χ3v) is 2.67. The maximum atomic E-state index is 11.5. The van der Waals surface area contributed by atoms with E-state index in [1.165, 1.54) is 12.1 Å². The minimum Gasteiger partial charge on any atom is -0.463 e. The fourth-order valence-corrected chi connectivity index (χ4v) is 1.58. The highest BCUT2D eigenvalue weighted by molar-refractivity contribution is 6.68. The second-order valence-electron chi connectivity index (χ2n) is 4.05. The molecule has 0 unspecified atom stereocenters. The van der Waals surface area contributed by atoms with Crippen LogP contribution in [-0.2, 0) is 14.3 Å². The minimum absolute atomic E-state index is 0.0346. The molecule has 0 fully saturated rings. The van der Waals surface area contributed by atoms with Crippen LogP contribution in [0.15, 0.2) is 36.9 Å². The summed E-state index contributed by atoms with van der Waals surface area (Å²) in [5.74, 6) is -0.463. The highest BCUT2D eigenvalue weighted by Crippen LogP contribution is 2.20. The van der Waals surface area contributed by atoms with Gasteiger partial charge in [0.2, 0.25) is 0 Å². The SMILES string of the molecule is C=CC(=O)OCCCCOC(=O)Oc1ccccc1C(=O)Cl. The van der Waals surface area contributed by atoms with Gasteiger partial charge < -0.3 is 14.2 Å². The van der Waals surface area contributed by atoms with Gasteiger partial charge in [-0.2, -0.15) is 0 Å². The molecule has 0 amide bonds. The fourth-order valence-electron chi connectivity index (χ4n) is 1.43. The molecule has 1 aromatic rings. The van der Waals surface area contributed by atoms with Gasteiger partial charge in [0.05, 0.1) is 18.8 Å². The number of hydrogen-bond acceptors (Lipinski definition) is 6. The third kappa shape index (κ3) is 6.41. The summed E-state index contributed by atoms with van der Waals surface area (Å²) < 4.78 is 14.5. The Morgan fingerprint density at radius 3 is 2.36 bits per heavy atom. The molecule has 0 spiro atoms. The van der Waals surface area contributed by atoms with Crippen molar-refractivity contribution in [1.82, 2.24) is 0 Å². The number of halogens is 1. The van der Waals surface area contributed by atoms with Gasteiger partial charge in [-0.25, -0.2) is 9.59 Å². The van der Waals surface area contributed by atoms with Crippen LogP contribution in [0.1, 0.15) is 23.2 Å². The van der Waals surface area contributed by atoms with Crippen molar-refractivity contribution >= 4 is 29.0 Å². The molecule has 1 aromatic carbocycles. The molecule has 0 atom stereocenters. The van der Waals surface area contributed by atoms with Crippen molar-refractivity contribution in [3.05, 3.63) is 42.5 Å². The summed E-state index contributed by atoms with van der Waals surface area (Å²) in [6.45, 7) is 3.58. The molecule has 0 aromatic heterocycles. The minimum atomic E-state index is -0.937. The molecule has 0 aliphatic rings. The lowest BCUT2D eigenvalue weighted by Crippen LogP contribution is -2.13. The highest BCUT2D eigenvalue weighted by atomic mass is 35.5. The Labute approximate surface area is 132 Å². The summed E-state index contributed by atoms with van der Waals surface area (Å²) in [6, 6.07) is 6.07. The van der Waals surface area contributed by atoms with Crippen LogP contribution in [0.4, 0.5) is 4.79 Å². The summed E-state index contributed by atoms with van der Waals surface area (Å²) in [5.41, 5.74) is 0.0810. The van der Waals surface area contributed by atoms with Gasteiger partial charge in [0.15, 0.2) is 0 Å². The van der Waals surface area contributed by atoms with Crippen molar-refractivity contribution in [3.8, 4) is 5.75 Å². The van der Waals surface area contributed by atoms with E-state index in [0.29, 0.717) is 12.8 Å². The second-order valence-corrected chi connectivity index (χ2v) is 4.39. The third-order valence-electron chi connectivity index (χ3n) is 2.46. The van der Waals surface area contributed by atoms with E-state index >= 15 is 0 Å². The largest absolute Gasteiger partial charge is 0.513 e. The lowest BCUT2D eigenvalue weighted by molar-refractivity contribution is -0.137. The van der Waals surface area contributed by atoms with E-state index < -0.39 is 17.4 Å². The van der Waals surface area contributed by atoms with Crippen LogP contribution in [0.3, 0.4) is 0 Å². The zero-order chi connectivity index (χ0) is 16.4. The van der Waals surface area contributed by atoms with Crippen molar-refractivity contribution in [2.75, 3.05) is 13.2 Å². The lowest BCUT2D eigenvalue weighted by Gasteiger charge is -2.08. The summed E-state index contributed by atoms with van der Waals surface area (Å²) in [6.07, 6.45) is 1.16. The first-order valence-corrected chi connectivity index (χ1v) is 6.85. The Balaban J connectivity index is 2.28. The average molecular weight is 327 g/mol. The Hall–Kier alpha value is -2.34. The molecule has 0 saturated heterocycles. The van der Waals surface area contributed by atoms with Crippen LogP contribution in [0.2, 0.25) is 0 Å². The predicted molar refractivity (Wildman–Crippen MR) is 79.0 cm³/mol. The van der Waals surface area contributed by atoms with E-state index in [1.807, 2.05) is 0 Å². The lowest BCUT2D eigenvalue weighted by atomic mass is 10.2. The van der Waals surface area contributed by atoms with Crippen molar-refractivity contribution in [3.63, 3.8) is 0 Å². The Kier molecular flexibility index (Phi) is 7.70. The van der Waals surface area contributed by atoms with Crippen LogP contribution in [-0.4, -0.2) is 30.6 Å². The van der Waals surface area contributed by atoms with Crippen LogP contribution >= 0.6 is 11.6 Å². The van der Waals surface area contributed by atoms with Crippen molar-refractivity contribution < 1.29 is 28.6 Å². The molecule has 0 bridgehead atoms. The number of esters is 1. The van der Waals surface area contributed by atoms with Crippen LogP contribution in [0, 0.1) is 0 Å². The molecule has 0 aliphatic heterocycles. The van der Waals surface area contributed by atoms with E-state index in [9.17, 15) is 14.4 Å². The normalized spacial score (nSPS) is 9.68. The number of benzene rings is 1. The van der Waals surface area contributed by atoms with E-state index in [0.717, 1.165) is 6.08 Å². The molecular weight excluding hydrogens is 312 g/mol. The number of rotatable bonds is 8. The smallest absolute Gasteiger partial charge is 0.463 e. The number of para-hydroxylation sites is 1. The Bertz CT molecular complexity index is 555. The molecule has 22 heavy (non-hydrogen) atoms. The molecule has 7 heteroatoms. The standard InChI is InChI=1S/C15H15ClO6/c1-2-13(17)20-9-5-6-10-21-15(19)22-12-8-4-3-7-11(12)14(16)18/h2-4,7-8H,1,5-6,9-10H2. The van der Waals surface area contributed by atoms with E-state index in [2.05, 4.69) is 6.58 Å². The van der Waals surface area contributed by atoms with Crippen molar-refractivity contribution in [2.24, 2.45) is 0 Å². The molecule has 118 valence electrons. The van der Waals surface area contributed by atoms with Gasteiger partial charge in [0, 0.05) is 6.08 Å². The van der Waals surface area contributed by atoms with Gasteiger partial charge in [-0.05, 0) is 36.6 Å². The van der Waals surface area contributed by atoms with Crippen molar-refractivity contribution in [2.45, 2.75) is 12.8 Å². The Morgan fingerprint density at radius 1 is 1.09 bits per heavy atom. The molecule has 0 saturated carbocycles. The molecule has 0 N–H and O–H groups in total. The monoisotopic (exact) mass is 326 g/mol. The summed E-state index contributed by atoms with van der Waals surface area (Å²) >= 11 is 5.37. The topological polar surface area (TPSA) is 78.9 Å². The van der Waals surface area contributed by atoms with Crippen molar-refractivity contribution in [1.29, 1.82) is 0 Å². The first-order valence-electron chi connectivity index (χ1n) is 6.47. The quantitative estimate of drug-likeness (QED) is 0.240. The number of carbonyl (C=O) groups is 3. The summed E-state index contributed by atoms with van der Waals surface area (Å²) in [4.78, 5) is 33.4. The average Bonchev–Trinajstić information content (AvgIpc) is 2.50.